The van der Waals surface area contributed by atoms with Crippen LogP contribution in [0.5, 0.6) is 0 Å². The molecule has 7 aromatic rings. The molecule has 0 N–H and O–H groups in total. The van der Waals surface area contributed by atoms with Crippen LogP contribution in [0.4, 0.5) is 0 Å². The molecule has 0 aliphatic carbocycles. The van der Waals surface area contributed by atoms with E-state index in [0.717, 1.165) is 39.3 Å². The van der Waals surface area contributed by atoms with E-state index in [2.05, 4.69) is 114 Å². The highest BCUT2D eigenvalue weighted by Crippen LogP contribution is 2.34. The van der Waals surface area contributed by atoms with E-state index in [1.165, 1.54) is 21.8 Å². The number of para-hydroxylation sites is 2. The third-order valence-corrected chi connectivity index (χ3v) is 7.16. The first-order valence-electron chi connectivity index (χ1n) is 13.0. The molecule has 0 saturated heterocycles. The lowest BCUT2D eigenvalue weighted by Crippen LogP contribution is -1.98. The lowest BCUT2D eigenvalue weighted by Gasteiger charge is -2.12. The number of hydrogen-bond acceptors (Lipinski definition) is 2. The Morgan fingerprint density at radius 1 is 0.513 bits per heavy atom. The number of benzene rings is 5. The maximum atomic E-state index is 5.07. The molecule has 184 valence electrons. The van der Waals surface area contributed by atoms with E-state index in [-0.39, 0.29) is 0 Å². The Kier molecular flexibility index (Phi) is 5.60. The molecule has 3 heteroatoms. The fourth-order valence-electron chi connectivity index (χ4n) is 5.29. The van der Waals surface area contributed by atoms with E-state index in [4.69, 9.17) is 9.97 Å². The molecule has 0 fully saturated rings. The highest BCUT2D eigenvalue weighted by Gasteiger charge is 2.14. The van der Waals surface area contributed by atoms with Crippen molar-refractivity contribution in [3.63, 3.8) is 0 Å². The summed E-state index contributed by atoms with van der Waals surface area (Å²) in [5.74, 6) is 0.692. The summed E-state index contributed by atoms with van der Waals surface area (Å²) in [7, 11) is 0. The van der Waals surface area contributed by atoms with Gasteiger partial charge in [-0.15, -0.1) is 0 Å². The van der Waals surface area contributed by atoms with E-state index in [1.807, 2.05) is 36.4 Å². The molecule has 39 heavy (non-hydrogen) atoms. The van der Waals surface area contributed by atoms with Crippen LogP contribution >= 0.6 is 0 Å². The molecule has 2 heterocycles. The molecule has 0 unspecified atom stereocenters. The molecule has 0 bridgehead atoms. The average Bonchev–Trinajstić information content (AvgIpc) is 3.36. The Morgan fingerprint density at radius 2 is 1.10 bits per heavy atom. The molecular weight excluding hydrogens is 474 g/mol. The Hall–Kier alpha value is -5.28. The largest absolute Gasteiger partial charge is 0.309 e. The van der Waals surface area contributed by atoms with Gasteiger partial charge in [-0.05, 0) is 42.0 Å². The Bertz CT molecular complexity index is 1930. The average molecular weight is 500 g/mol. The minimum atomic E-state index is 0.692. The van der Waals surface area contributed by atoms with Gasteiger partial charge in [0.1, 0.15) is 0 Å². The monoisotopic (exact) mass is 499 g/mol. The van der Waals surface area contributed by atoms with Crippen LogP contribution in [0.1, 0.15) is 5.56 Å². The third kappa shape index (κ3) is 4.11. The first-order valence-corrected chi connectivity index (χ1v) is 13.0. The summed E-state index contributed by atoms with van der Waals surface area (Å²) in [6.07, 6.45) is 1.85. The van der Waals surface area contributed by atoms with Crippen molar-refractivity contribution in [3.8, 4) is 39.6 Å². The first kappa shape index (κ1) is 22.9. The SMILES string of the molecule is C=Cc1cccc(-c2nc(-c3ccccc3)cc(-c3cccc(-n4c5ccccc5c5ccccc54)c3)n2)c1. The summed E-state index contributed by atoms with van der Waals surface area (Å²) in [5, 5.41) is 2.49. The van der Waals surface area contributed by atoms with Gasteiger partial charge in [0.15, 0.2) is 5.82 Å². The lowest BCUT2D eigenvalue weighted by atomic mass is 10.1. The second kappa shape index (κ2) is 9.55. The maximum absolute atomic E-state index is 5.07. The van der Waals surface area contributed by atoms with Crippen molar-refractivity contribution in [1.29, 1.82) is 0 Å². The molecule has 3 nitrogen and oxygen atoms in total. The normalized spacial score (nSPS) is 11.2. The van der Waals surface area contributed by atoms with Crippen molar-refractivity contribution < 1.29 is 0 Å². The minimum absolute atomic E-state index is 0.692. The standard InChI is InChI=1S/C36H25N3/c1-2-25-12-10-16-28(22-25)36-37-32(26-13-4-3-5-14-26)24-33(38-36)27-15-11-17-29(23-27)39-34-20-8-6-18-30(34)31-19-7-9-21-35(31)39/h2-24H,1H2. The van der Waals surface area contributed by atoms with Gasteiger partial charge < -0.3 is 4.57 Å². The van der Waals surface area contributed by atoms with Gasteiger partial charge in [0.2, 0.25) is 0 Å². The molecular formula is C36H25N3. The summed E-state index contributed by atoms with van der Waals surface area (Å²) in [5.41, 5.74) is 9.33. The zero-order valence-corrected chi connectivity index (χ0v) is 21.3. The fourth-order valence-corrected chi connectivity index (χ4v) is 5.29. The zero-order chi connectivity index (χ0) is 26.2. The van der Waals surface area contributed by atoms with Crippen LogP contribution in [-0.4, -0.2) is 14.5 Å². The molecule has 0 radical (unpaired) electrons. The minimum Gasteiger partial charge on any atom is -0.309 e. The van der Waals surface area contributed by atoms with Crippen molar-refractivity contribution in [2.75, 3.05) is 0 Å². The smallest absolute Gasteiger partial charge is 0.160 e. The second-order valence-corrected chi connectivity index (χ2v) is 9.58. The predicted octanol–water partition coefficient (Wildman–Crippen LogP) is 9.22. The van der Waals surface area contributed by atoms with E-state index in [1.54, 1.807) is 0 Å². The van der Waals surface area contributed by atoms with Gasteiger partial charge >= 0.3 is 0 Å². The van der Waals surface area contributed by atoms with Gasteiger partial charge in [-0.25, -0.2) is 9.97 Å². The van der Waals surface area contributed by atoms with Crippen LogP contribution in [0.15, 0.2) is 140 Å². The number of nitrogens with zero attached hydrogens (tertiary/aromatic N) is 3. The summed E-state index contributed by atoms with van der Waals surface area (Å²) >= 11 is 0. The molecule has 0 atom stereocenters. The van der Waals surface area contributed by atoms with Gasteiger partial charge in [-0.3, -0.25) is 0 Å². The molecule has 7 rings (SSSR count). The Labute approximate surface area is 227 Å². The van der Waals surface area contributed by atoms with Crippen LogP contribution < -0.4 is 0 Å². The Morgan fingerprint density at radius 3 is 1.82 bits per heavy atom. The predicted molar refractivity (Wildman–Crippen MR) is 163 cm³/mol. The van der Waals surface area contributed by atoms with Crippen LogP contribution in [-0.2, 0) is 0 Å². The maximum Gasteiger partial charge on any atom is 0.160 e. The van der Waals surface area contributed by atoms with Gasteiger partial charge in [-0.1, -0.05) is 110 Å². The van der Waals surface area contributed by atoms with E-state index in [9.17, 15) is 0 Å². The van der Waals surface area contributed by atoms with Crippen molar-refractivity contribution in [2.24, 2.45) is 0 Å². The summed E-state index contributed by atoms with van der Waals surface area (Å²) < 4.78 is 2.34. The first-order chi connectivity index (χ1) is 19.3. The molecule has 2 aromatic heterocycles. The van der Waals surface area contributed by atoms with Gasteiger partial charge in [-0.2, -0.15) is 0 Å². The zero-order valence-electron chi connectivity index (χ0n) is 21.3. The van der Waals surface area contributed by atoms with Crippen molar-refractivity contribution in [3.05, 3.63) is 146 Å². The molecule has 5 aromatic carbocycles. The number of aromatic nitrogens is 3. The molecule has 0 aliphatic rings. The van der Waals surface area contributed by atoms with Crippen molar-refractivity contribution in [1.82, 2.24) is 14.5 Å². The third-order valence-electron chi connectivity index (χ3n) is 7.16. The second-order valence-electron chi connectivity index (χ2n) is 9.58. The number of hydrogen-bond donors (Lipinski definition) is 0. The molecule has 0 spiro atoms. The number of rotatable bonds is 5. The lowest BCUT2D eigenvalue weighted by molar-refractivity contribution is 1.16. The molecule has 0 saturated carbocycles. The summed E-state index contributed by atoms with van der Waals surface area (Å²) in [4.78, 5) is 10.0. The van der Waals surface area contributed by atoms with Crippen LogP contribution in [0, 0.1) is 0 Å². The summed E-state index contributed by atoms with van der Waals surface area (Å²) in [6.45, 7) is 3.93. The Balaban J connectivity index is 1.43. The molecule has 0 aliphatic heterocycles. The van der Waals surface area contributed by atoms with Crippen LogP contribution in [0.2, 0.25) is 0 Å². The highest BCUT2D eigenvalue weighted by molar-refractivity contribution is 6.09. The van der Waals surface area contributed by atoms with Gasteiger partial charge in [0.05, 0.1) is 22.4 Å². The van der Waals surface area contributed by atoms with Gasteiger partial charge in [0.25, 0.3) is 0 Å². The summed E-state index contributed by atoms with van der Waals surface area (Å²) in [6, 6.07) is 46.3. The van der Waals surface area contributed by atoms with E-state index >= 15 is 0 Å². The molecule has 0 amide bonds. The van der Waals surface area contributed by atoms with Crippen molar-refractivity contribution >= 4 is 27.9 Å². The van der Waals surface area contributed by atoms with Gasteiger partial charge in [0, 0.05) is 33.2 Å². The number of fused-ring (bicyclic) bond motifs is 3. The van der Waals surface area contributed by atoms with Crippen LogP contribution in [0.25, 0.3) is 67.5 Å². The van der Waals surface area contributed by atoms with E-state index < -0.39 is 0 Å². The fraction of sp³-hybridized carbons (Fsp3) is 0. The van der Waals surface area contributed by atoms with Crippen LogP contribution in [0.3, 0.4) is 0 Å². The topological polar surface area (TPSA) is 30.7 Å². The highest BCUT2D eigenvalue weighted by atomic mass is 15.0. The van der Waals surface area contributed by atoms with E-state index in [0.29, 0.717) is 5.82 Å². The van der Waals surface area contributed by atoms with Crippen molar-refractivity contribution in [2.45, 2.75) is 0 Å². The quantitative estimate of drug-likeness (QED) is 0.236.